The Morgan fingerprint density at radius 2 is 1.95 bits per heavy atom. The van der Waals surface area contributed by atoms with Crippen LogP contribution in [0.5, 0.6) is 0 Å². The van der Waals surface area contributed by atoms with Gasteiger partial charge >= 0.3 is 0 Å². The van der Waals surface area contributed by atoms with Crippen molar-refractivity contribution in [2.75, 3.05) is 0 Å². The average Bonchev–Trinajstić information content (AvgIpc) is 2.64. The standard InChI is InChI=1S/C15H18ClNO2/c1-9-2-3-10(6-14(9)16)15(19)17-11-4-5-12(17)8-13(18)7-11/h2-3,6,11-13,18H,4-5,7-8H2,1H3. The van der Waals surface area contributed by atoms with E-state index >= 15 is 0 Å². The van der Waals surface area contributed by atoms with Crippen LogP contribution in [0.25, 0.3) is 0 Å². The number of carbonyl (C=O) groups excluding carboxylic acids is 1. The van der Waals surface area contributed by atoms with Gasteiger partial charge in [0.1, 0.15) is 0 Å². The lowest BCUT2D eigenvalue weighted by atomic mass is 9.98. The van der Waals surface area contributed by atoms with Gasteiger partial charge in [-0.1, -0.05) is 17.7 Å². The van der Waals surface area contributed by atoms with E-state index in [1.807, 2.05) is 24.0 Å². The average molecular weight is 280 g/mol. The molecule has 3 rings (SSSR count). The SMILES string of the molecule is Cc1ccc(C(=O)N2C3CCC2CC(O)C3)cc1Cl. The molecular weight excluding hydrogens is 262 g/mol. The number of fused-ring (bicyclic) bond motifs is 2. The molecule has 0 radical (unpaired) electrons. The molecule has 1 aromatic rings. The second-order valence-corrected chi connectivity index (χ2v) is 6.09. The van der Waals surface area contributed by atoms with Gasteiger partial charge in [-0.2, -0.15) is 0 Å². The van der Waals surface area contributed by atoms with Gasteiger partial charge in [0.2, 0.25) is 0 Å². The summed E-state index contributed by atoms with van der Waals surface area (Å²) in [5.74, 6) is 0.0568. The van der Waals surface area contributed by atoms with Crippen molar-refractivity contribution >= 4 is 17.5 Å². The molecule has 0 aliphatic carbocycles. The summed E-state index contributed by atoms with van der Waals surface area (Å²) in [6.07, 6.45) is 3.19. The molecule has 19 heavy (non-hydrogen) atoms. The van der Waals surface area contributed by atoms with Gasteiger partial charge in [0.05, 0.1) is 6.10 Å². The molecule has 2 bridgehead atoms. The topological polar surface area (TPSA) is 40.5 Å². The number of rotatable bonds is 1. The van der Waals surface area contributed by atoms with Crippen molar-refractivity contribution < 1.29 is 9.90 Å². The van der Waals surface area contributed by atoms with Gasteiger partial charge in [0, 0.05) is 22.7 Å². The summed E-state index contributed by atoms with van der Waals surface area (Å²) in [4.78, 5) is 14.6. The fraction of sp³-hybridized carbons (Fsp3) is 0.533. The minimum atomic E-state index is -0.247. The molecule has 0 saturated carbocycles. The van der Waals surface area contributed by atoms with E-state index in [1.54, 1.807) is 6.07 Å². The molecular formula is C15H18ClNO2. The van der Waals surface area contributed by atoms with Crippen LogP contribution in [-0.4, -0.2) is 34.1 Å². The summed E-state index contributed by atoms with van der Waals surface area (Å²) in [6, 6.07) is 5.87. The van der Waals surface area contributed by atoms with Crippen molar-refractivity contribution in [3.8, 4) is 0 Å². The molecule has 1 amide bonds. The highest BCUT2D eigenvalue weighted by atomic mass is 35.5. The molecule has 1 N–H and O–H groups in total. The van der Waals surface area contributed by atoms with Crippen LogP contribution in [0.1, 0.15) is 41.6 Å². The zero-order valence-electron chi connectivity index (χ0n) is 11.0. The Morgan fingerprint density at radius 1 is 1.32 bits per heavy atom. The molecule has 2 fully saturated rings. The van der Waals surface area contributed by atoms with Crippen molar-refractivity contribution in [2.24, 2.45) is 0 Å². The number of piperidine rings is 1. The van der Waals surface area contributed by atoms with Crippen LogP contribution in [0.3, 0.4) is 0 Å². The summed E-state index contributed by atoms with van der Waals surface area (Å²) in [5.41, 5.74) is 1.64. The van der Waals surface area contributed by atoms with E-state index in [4.69, 9.17) is 11.6 Å². The largest absolute Gasteiger partial charge is 0.393 e. The van der Waals surface area contributed by atoms with E-state index in [0.717, 1.165) is 18.4 Å². The number of nitrogens with zero attached hydrogens (tertiary/aromatic N) is 1. The third kappa shape index (κ3) is 2.26. The van der Waals surface area contributed by atoms with Crippen LogP contribution in [0.4, 0.5) is 0 Å². The van der Waals surface area contributed by atoms with E-state index in [1.165, 1.54) is 0 Å². The highest BCUT2D eigenvalue weighted by molar-refractivity contribution is 6.31. The molecule has 3 nitrogen and oxygen atoms in total. The summed E-state index contributed by atoms with van der Waals surface area (Å²) in [6.45, 7) is 1.93. The number of hydrogen-bond donors (Lipinski definition) is 1. The first-order valence-electron chi connectivity index (χ1n) is 6.83. The molecule has 102 valence electrons. The minimum Gasteiger partial charge on any atom is -0.393 e. The Hall–Kier alpha value is -1.06. The predicted molar refractivity (Wildman–Crippen MR) is 74.4 cm³/mol. The molecule has 2 atom stereocenters. The van der Waals surface area contributed by atoms with Crippen LogP contribution in [0.2, 0.25) is 5.02 Å². The van der Waals surface area contributed by atoms with E-state index in [9.17, 15) is 9.90 Å². The number of amides is 1. The molecule has 2 unspecified atom stereocenters. The Morgan fingerprint density at radius 3 is 2.53 bits per heavy atom. The molecule has 2 saturated heterocycles. The molecule has 0 spiro atoms. The zero-order chi connectivity index (χ0) is 13.6. The van der Waals surface area contributed by atoms with E-state index in [-0.39, 0.29) is 24.1 Å². The number of halogens is 1. The van der Waals surface area contributed by atoms with Crippen molar-refractivity contribution in [1.29, 1.82) is 0 Å². The maximum atomic E-state index is 12.6. The fourth-order valence-corrected chi connectivity index (χ4v) is 3.54. The van der Waals surface area contributed by atoms with Crippen molar-refractivity contribution in [2.45, 2.75) is 50.8 Å². The molecule has 0 aromatic heterocycles. The quantitative estimate of drug-likeness (QED) is 0.859. The fourth-order valence-electron chi connectivity index (χ4n) is 3.35. The third-order valence-electron chi connectivity index (χ3n) is 4.36. The van der Waals surface area contributed by atoms with Gasteiger partial charge in [0.25, 0.3) is 5.91 Å². The Labute approximate surface area is 118 Å². The van der Waals surface area contributed by atoms with Gasteiger partial charge in [-0.05, 0) is 50.3 Å². The molecule has 2 aliphatic heterocycles. The lowest BCUT2D eigenvalue weighted by Gasteiger charge is -2.37. The Kier molecular flexibility index (Phi) is 3.27. The van der Waals surface area contributed by atoms with Crippen LogP contribution in [0.15, 0.2) is 18.2 Å². The van der Waals surface area contributed by atoms with Gasteiger partial charge in [-0.15, -0.1) is 0 Å². The Bertz CT molecular complexity index is 503. The van der Waals surface area contributed by atoms with Crippen LogP contribution in [0, 0.1) is 6.92 Å². The monoisotopic (exact) mass is 279 g/mol. The van der Waals surface area contributed by atoms with Crippen LogP contribution >= 0.6 is 11.6 Å². The molecule has 4 heteroatoms. The van der Waals surface area contributed by atoms with Crippen molar-refractivity contribution in [3.05, 3.63) is 34.3 Å². The predicted octanol–water partition coefficient (Wildman–Crippen LogP) is 2.78. The maximum Gasteiger partial charge on any atom is 0.254 e. The second kappa shape index (κ2) is 4.80. The Balaban J connectivity index is 1.86. The maximum absolute atomic E-state index is 12.6. The summed E-state index contributed by atoms with van der Waals surface area (Å²) in [7, 11) is 0. The van der Waals surface area contributed by atoms with Crippen molar-refractivity contribution in [1.82, 2.24) is 4.90 Å². The van der Waals surface area contributed by atoms with Crippen molar-refractivity contribution in [3.63, 3.8) is 0 Å². The highest BCUT2D eigenvalue weighted by Crippen LogP contribution is 2.37. The van der Waals surface area contributed by atoms with Crippen LogP contribution in [-0.2, 0) is 0 Å². The van der Waals surface area contributed by atoms with E-state index in [0.29, 0.717) is 23.4 Å². The number of aryl methyl sites for hydroxylation is 1. The summed E-state index contributed by atoms with van der Waals surface area (Å²) in [5, 5.41) is 10.4. The second-order valence-electron chi connectivity index (χ2n) is 5.69. The molecule has 2 aliphatic rings. The summed E-state index contributed by atoms with van der Waals surface area (Å²) >= 11 is 6.10. The number of hydrogen-bond acceptors (Lipinski definition) is 2. The number of benzene rings is 1. The molecule has 2 heterocycles. The van der Waals surface area contributed by atoms with Crippen LogP contribution < -0.4 is 0 Å². The number of carbonyl (C=O) groups is 1. The minimum absolute atomic E-state index is 0.0568. The van der Waals surface area contributed by atoms with Gasteiger partial charge in [0.15, 0.2) is 0 Å². The third-order valence-corrected chi connectivity index (χ3v) is 4.77. The number of aliphatic hydroxyl groups excluding tert-OH is 1. The first kappa shape index (κ1) is 12.9. The van der Waals surface area contributed by atoms with E-state index < -0.39 is 0 Å². The first-order chi connectivity index (χ1) is 9.06. The highest BCUT2D eigenvalue weighted by Gasteiger charge is 2.42. The molecule has 1 aromatic carbocycles. The summed E-state index contributed by atoms with van der Waals surface area (Å²) < 4.78 is 0. The zero-order valence-corrected chi connectivity index (χ0v) is 11.7. The van der Waals surface area contributed by atoms with E-state index in [2.05, 4.69) is 0 Å². The normalized spacial score (nSPS) is 29.6. The first-order valence-corrected chi connectivity index (χ1v) is 7.21. The van der Waals surface area contributed by atoms with Gasteiger partial charge in [-0.3, -0.25) is 4.79 Å². The smallest absolute Gasteiger partial charge is 0.254 e. The lowest BCUT2D eigenvalue weighted by Crippen LogP contribution is -2.48. The lowest BCUT2D eigenvalue weighted by molar-refractivity contribution is 0.0287. The van der Waals surface area contributed by atoms with Gasteiger partial charge < -0.3 is 10.0 Å². The number of aliphatic hydroxyl groups is 1. The van der Waals surface area contributed by atoms with Gasteiger partial charge in [-0.25, -0.2) is 0 Å².